The van der Waals surface area contributed by atoms with Crippen molar-refractivity contribution in [2.45, 2.75) is 52.5 Å². The van der Waals surface area contributed by atoms with Gasteiger partial charge in [-0.2, -0.15) is 0 Å². The van der Waals surface area contributed by atoms with Gasteiger partial charge in [0.05, 0.1) is 7.11 Å². The van der Waals surface area contributed by atoms with Crippen LogP contribution in [0.3, 0.4) is 0 Å². The van der Waals surface area contributed by atoms with Gasteiger partial charge in [-0.15, -0.1) is 0 Å². The molecule has 2 unspecified atom stereocenters. The van der Waals surface area contributed by atoms with E-state index in [-0.39, 0.29) is 0 Å². The van der Waals surface area contributed by atoms with Crippen molar-refractivity contribution in [3.8, 4) is 5.75 Å². The fourth-order valence-electron chi connectivity index (χ4n) is 2.56. The van der Waals surface area contributed by atoms with Gasteiger partial charge in [-0.3, -0.25) is 0 Å². The van der Waals surface area contributed by atoms with E-state index in [9.17, 15) is 0 Å². The van der Waals surface area contributed by atoms with Crippen molar-refractivity contribution in [3.05, 3.63) is 28.8 Å². The van der Waals surface area contributed by atoms with Crippen molar-refractivity contribution >= 4 is 0 Å². The van der Waals surface area contributed by atoms with Crippen molar-refractivity contribution in [3.63, 3.8) is 0 Å². The summed E-state index contributed by atoms with van der Waals surface area (Å²) in [6.07, 6.45) is 2.71. The minimum Gasteiger partial charge on any atom is -0.496 e. The number of methoxy groups -OCH3 is 1. The van der Waals surface area contributed by atoms with Gasteiger partial charge >= 0.3 is 0 Å². The van der Waals surface area contributed by atoms with E-state index < -0.39 is 0 Å². The highest BCUT2D eigenvalue weighted by Crippen LogP contribution is 2.35. The minimum atomic E-state index is 0.514. The van der Waals surface area contributed by atoms with Crippen molar-refractivity contribution in [2.75, 3.05) is 13.7 Å². The lowest BCUT2D eigenvalue weighted by molar-refractivity contribution is 0.386. The summed E-state index contributed by atoms with van der Waals surface area (Å²) in [6.45, 7) is 10.0. The van der Waals surface area contributed by atoms with Crippen LogP contribution in [0.25, 0.3) is 0 Å². The molecule has 0 amide bonds. The molecule has 1 N–H and O–H groups in total. The van der Waals surface area contributed by atoms with Crippen molar-refractivity contribution in [1.82, 2.24) is 5.32 Å². The molecule has 1 aliphatic rings. The summed E-state index contributed by atoms with van der Waals surface area (Å²) in [5.41, 5.74) is 3.92. The molecule has 2 atom stereocenters. The molecule has 1 fully saturated rings. The van der Waals surface area contributed by atoms with Gasteiger partial charge in [-0.25, -0.2) is 0 Å². The van der Waals surface area contributed by atoms with Gasteiger partial charge in [0, 0.05) is 6.04 Å². The summed E-state index contributed by atoms with van der Waals surface area (Å²) in [5, 5.41) is 3.63. The van der Waals surface area contributed by atoms with Crippen LogP contribution >= 0.6 is 0 Å². The minimum absolute atomic E-state index is 0.514. The van der Waals surface area contributed by atoms with E-state index in [1.807, 2.05) is 0 Å². The molecular weight excluding hydrogens is 234 g/mol. The summed E-state index contributed by atoms with van der Waals surface area (Å²) in [7, 11) is 1.78. The summed E-state index contributed by atoms with van der Waals surface area (Å²) >= 11 is 0. The normalized spacial score (nSPS) is 18.2. The number of rotatable bonds is 6. The Morgan fingerprint density at radius 1 is 1.26 bits per heavy atom. The summed E-state index contributed by atoms with van der Waals surface area (Å²) in [6, 6.07) is 5.24. The molecule has 1 aliphatic carbocycles. The molecule has 2 rings (SSSR count). The lowest BCUT2D eigenvalue weighted by atomic mass is 9.86. The molecule has 0 aromatic heterocycles. The highest BCUT2D eigenvalue weighted by atomic mass is 16.5. The third-order valence-corrected chi connectivity index (χ3v) is 4.56. The quantitative estimate of drug-likeness (QED) is 0.841. The summed E-state index contributed by atoms with van der Waals surface area (Å²) in [4.78, 5) is 0. The first-order valence-corrected chi connectivity index (χ1v) is 7.42. The zero-order valence-corrected chi connectivity index (χ0v) is 12.9. The number of benzene rings is 1. The first kappa shape index (κ1) is 14.4. The van der Waals surface area contributed by atoms with Gasteiger partial charge in [0.15, 0.2) is 0 Å². The predicted molar refractivity (Wildman–Crippen MR) is 81.1 cm³/mol. The molecule has 2 nitrogen and oxygen atoms in total. The highest BCUT2D eigenvalue weighted by Gasteiger charge is 2.24. The molecule has 0 bridgehead atoms. The molecule has 19 heavy (non-hydrogen) atoms. The summed E-state index contributed by atoms with van der Waals surface area (Å²) in [5.74, 6) is 2.21. The average molecular weight is 261 g/mol. The number of hydrogen-bond acceptors (Lipinski definition) is 2. The van der Waals surface area contributed by atoms with Crippen LogP contribution in [0.4, 0.5) is 0 Å². The topological polar surface area (TPSA) is 21.3 Å². The lowest BCUT2D eigenvalue weighted by Gasteiger charge is -2.24. The van der Waals surface area contributed by atoms with Gasteiger partial charge in [-0.05, 0) is 61.8 Å². The van der Waals surface area contributed by atoms with Crippen LogP contribution in [-0.2, 0) is 0 Å². The van der Waals surface area contributed by atoms with E-state index in [0.717, 1.165) is 18.3 Å². The zero-order chi connectivity index (χ0) is 14.0. The van der Waals surface area contributed by atoms with Gasteiger partial charge in [0.1, 0.15) is 5.75 Å². The van der Waals surface area contributed by atoms with Crippen LogP contribution in [0, 0.1) is 19.8 Å². The Balaban J connectivity index is 2.12. The molecule has 1 aromatic rings. The zero-order valence-electron chi connectivity index (χ0n) is 12.9. The molecule has 0 radical (unpaired) electrons. The van der Waals surface area contributed by atoms with Crippen LogP contribution in [-0.4, -0.2) is 19.7 Å². The Kier molecular flexibility index (Phi) is 4.51. The van der Waals surface area contributed by atoms with Crippen LogP contribution in [0.5, 0.6) is 5.75 Å². The summed E-state index contributed by atoms with van der Waals surface area (Å²) < 4.78 is 5.65. The molecule has 106 valence electrons. The number of ether oxygens (including phenoxy) is 1. The third-order valence-electron chi connectivity index (χ3n) is 4.56. The van der Waals surface area contributed by atoms with Crippen LogP contribution in [0.1, 0.15) is 49.3 Å². The van der Waals surface area contributed by atoms with Gasteiger partial charge < -0.3 is 10.1 Å². The standard InChI is InChI=1S/C17H27NO/c1-11-6-9-16(17(19-5)14(11)4)13(3)12(2)10-18-15-7-8-15/h6,9,12-13,15,18H,7-8,10H2,1-5H3. The Morgan fingerprint density at radius 3 is 2.53 bits per heavy atom. The average Bonchev–Trinajstić information content (AvgIpc) is 3.22. The Hall–Kier alpha value is -1.02. The fourth-order valence-corrected chi connectivity index (χ4v) is 2.56. The molecular formula is C17H27NO. The SMILES string of the molecule is COc1c(C(C)C(C)CNC2CC2)ccc(C)c1C. The Morgan fingerprint density at radius 2 is 1.95 bits per heavy atom. The number of nitrogens with one attached hydrogen (secondary N) is 1. The second-order valence-electron chi connectivity index (χ2n) is 6.08. The maximum Gasteiger partial charge on any atom is 0.125 e. The Labute approximate surface area is 117 Å². The monoisotopic (exact) mass is 261 g/mol. The van der Waals surface area contributed by atoms with Crippen molar-refractivity contribution in [1.29, 1.82) is 0 Å². The molecule has 0 heterocycles. The first-order chi connectivity index (χ1) is 9.04. The van der Waals surface area contributed by atoms with E-state index in [0.29, 0.717) is 11.8 Å². The molecule has 0 saturated heterocycles. The predicted octanol–water partition coefficient (Wildman–Crippen LogP) is 3.80. The van der Waals surface area contributed by atoms with E-state index in [2.05, 4.69) is 45.1 Å². The molecule has 2 heteroatoms. The second kappa shape index (κ2) is 5.96. The van der Waals surface area contributed by atoms with Crippen LogP contribution in [0.15, 0.2) is 12.1 Å². The van der Waals surface area contributed by atoms with Crippen molar-refractivity contribution in [2.24, 2.45) is 5.92 Å². The van der Waals surface area contributed by atoms with Crippen molar-refractivity contribution < 1.29 is 4.74 Å². The van der Waals surface area contributed by atoms with E-state index in [1.165, 1.54) is 29.5 Å². The lowest BCUT2D eigenvalue weighted by Crippen LogP contribution is -2.26. The van der Waals surface area contributed by atoms with E-state index in [1.54, 1.807) is 7.11 Å². The second-order valence-corrected chi connectivity index (χ2v) is 6.08. The largest absolute Gasteiger partial charge is 0.496 e. The van der Waals surface area contributed by atoms with Gasteiger partial charge in [0.25, 0.3) is 0 Å². The number of aryl methyl sites for hydroxylation is 1. The van der Waals surface area contributed by atoms with Crippen LogP contribution < -0.4 is 10.1 Å². The van der Waals surface area contributed by atoms with E-state index in [4.69, 9.17) is 4.74 Å². The number of hydrogen-bond donors (Lipinski definition) is 1. The molecule has 0 aliphatic heterocycles. The fraction of sp³-hybridized carbons (Fsp3) is 0.647. The van der Waals surface area contributed by atoms with Crippen LogP contribution in [0.2, 0.25) is 0 Å². The molecule has 1 aromatic carbocycles. The van der Waals surface area contributed by atoms with E-state index >= 15 is 0 Å². The highest BCUT2D eigenvalue weighted by molar-refractivity contribution is 5.47. The maximum atomic E-state index is 5.65. The smallest absolute Gasteiger partial charge is 0.125 e. The molecule has 0 spiro atoms. The first-order valence-electron chi connectivity index (χ1n) is 7.42. The Bertz CT molecular complexity index is 437. The maximum absolute atomic E-state index is 5.65. The van der Waals surface area contributed by atoms with Gasteiger partial charge in [-0.1, -0.05) is 26.0 Å². The van der Waals surface area contributed by atoms with Gasteiger partial charge in [0.2, 0.25) is 0 Å². The molecule has 1 saturated carbocycles. The third kappa shape index (κ3) is 3.30.